The van der Waals surface area contributed by atoms with Gasteiger partial charge in [-0.15, -0.1) is 18.8 Å². The van der Waals surface area contributed by atoms with E-state index < -0.39 is 0 Å². The quantitative estimate of drug-likeness (QED) is 0.0558. The van der Waals surface area contributed by atoms with Crippen molar-refractivity contribution in [2.45, 2.75) is 97.4 Å². The third kappa shape index (κ3) is 34.5. The molecule has 4 aliphatic rings. The molecule has 556 valence electrons. The highest BCUT2D eigenvalue weighted by Gasteiger charge is 2.18. The van der Waals surface area contributed by atoms with E-state index >= 15 is 0 Å². The van der Waals surface area contributed by atoms with Crippen LogP contribution in [0.2, 0.25) is 0 Å². The molecule has 10 nitrogen and oxygen atoms in total. The Bertz CT molecular complexity index is 4500. The van der Waals surface area contributed by atoms with Crippen LogP contribution in [0, 0.1) is 24.2 Å². The molecule has 0 saturated carbocycles. The Labute approximate surface area is 663 Å². The van der Waals surface area contributed by atoms with Crippen molar-refractivity contribution in [2.24, 2.45) is 0 Å². The molecule has 0 unspecified atom stereocenters. The van der Waals surface area contributed by atoms with E-state index in [0.29, 0.717) is 25.2 Å². The van der Waals surface area contributed by atoms with E-state index in [9.17, 15) is 9.59 Å². The number of carbonyl (C=O) groups is 2. The summed E-state index contributed by atoms with van der Waals surface area (Å²) in [5, 5.41) is 6.11. The summed E-state index contributed by atoms with van der Waals surface area (Å²) in [6, 6.07) is 86.6. The summed E-state index contributed by atoms with van der Waals surface area (Å²) >= 11 is 3.27. The third-order valence-electron chi connectivity index (χ3n) is 18.1. The maximum atomic E-state index is 12.5. The molecule has 15 rings (SSSR count). The second kappa shape index (κ2) is 51.2. The number of carbonyl (C=O) groups excluding carboxylic acids is 2. The van der Waals surface area contributed by atoms with E-state index in [1.165, 1.54) is 84.0 Å². The number of hydrogen-bond acceptors (Lipinski definition) is 8. The van der Waals surface area contributed by atoms with E-state index in [4.69, 9.17) is 6.42 Å². The van der Waals surface area contributed by atoms with Gasteiger partial charge in [-0.3, -0.25) is 29.4 Å². The van der Waals surface area contributed by atoms with Crippen LogP contribution in [0.25, 0.3) is 6.08 Å². The zero-order valence-corrected chi connectivity index (χ0v) is 64.1. The van der Waals surface area contributed by atoms with E-state index in [1.807, 2.05) is 114 Å². The highest BCUT2D eigenvalue weighted by molar-refractivity contribution is 9.10. The average molecular weight is 1530 g/mol. The Hall–Kier alpha value is -11.2. The van der Waals surface area contributed by atoms with Crippen LogP contribution >= 0.6 is 28.3 Å². The van der Waals surface area contributed by atoms with Crippen LogP contribution in [0.1, 0.15) is 114 Å². The molecular formula is C97H102BrClN8O2. The summed E-state index contributed by atoms with van der Waals surface area (Å²) in [4.78, 5) is 44.4. The summed E-state index contributed by atoms with van der Waals surface area (Å²) < 4.78 is 1.07. The molecule has 0 bridgehead atoms. The van der Waals surface area contributed by atoms with Gasteiger partial charge < -0.3 is 15.5 Å². The zero-order valence-electron chi connectivity index (χ0n) is 61.7. The Balaban J connectivity index is 0.000000184. The summed E-state index contributed by atoms with van der Waals surface area (Å²) in [6.45, 7) is 7.00. The van der Waals surface area contributed by atoms with Crippen molar-refractivity contribution in [3.63, 3.8) is 0 Å². The molecule has 12 heteroatoms. The predicted octanol–water partition coefficient (Wildman–Crippen LogP) is 20.7. The highest BCUT2D eigenvalue weighted by Crippen LogP contribution is 2.24. The molecule has 0 spiro atoms. The molecule has 2 amide bonds. The van der Waals surface area contributed by atoms with Crippen molar-refractivity contribution < 1.29 is 9.59 Å². The van der Waals surface area contributed by atoms with Gasteiger partial charge in [0.2, 0.25) is 11.8 Å². The van der Waals surface area contributed by atoms with Crippen molar-refractivity contribution in [3.05, 3.63) is 405 Å². The molecule has 11 aromatic rings. The second-order valence-electron chi connectivity index (χ2n) is 26.0. The van der Waals surface area contributed by atoms with Gasteiger partial charge in [0.05, 0.1) is 0 Å². The number of rotatable bonds is 16. The van der Waals surface area contributed by atoms with Gasteiger partial charge in [0.15, 0.2) is 0 Å². The molecule has 4 aromatic heterocycles. The number of hydrogen-bond donors (Lipinski definition) is 2. The fraction of sp³-hybridized carbons (Fsp3) is 0.216. The first-order valence-electron chi connectivity index (χ1n) is 37.1. The summed E-state index contributed by atoms with van der Waals surface area (Å²) in [6.07, 6.45) is 41.5. The number of fused-ring (bicyclic) bond motifs is 1. The number of benzene rings is 7. The van der Waals surface area contributed by atoms with Crippen LogP contribution in [0.15, 0.2) is 344 Å². The van der Waals surface area contributed by atoms with Gasteiger partial charge in [-0.05, 0) is 201 Å². The number of pyridine rings is 4. The van der Waals surface area contributed by atoms with Crippen LogP contribution in [0.3, 0.4) is 0 Å². The fourth-order valence-corrected chi connectivity index (χ4v) is 12.2. The first kappa shape index (κ1) is 85.1. The number of terminal acetylenes is 1. The van der Waals surface area contributed by atoms with Crippen LogP contribution in [-0.2, 0) is 54.7 Å². The van der Waals surface area contributed by atoms with Gasteiger partial charge >= 0.3 is 0 Å². The Morgan fingerprint density at radius 1 is 0.468 bits per heavy atom. The lowest BCUT2D eigenvalue weighted by atomic mass is 9.99. The SMILES string of the molecule is Brc1ccncc1.C.C#Cc1ccccc1.C(#Cc1ccncc1)c1ccccc1.C1=C(CCc2ccccc2)CCN(Cc2ccccc2)C1.C1=C(CCc2ccccc2)CCNC1.Cl.O=C1CCc2cc(/C=C/C(=O)N3CC=C(CCc4ccccc4)CC3)cnc2N1.c1ccc(CCc2ccncc2)cc1. The Morgan fingerprint density at radius 2 is 0.890 bits per heavy atom. The monoisotopic (exact) mass is 1520 g/mol. The first-order valence-corrected chi connectivity index (χ1v) is 37.9. The second-order valence-corrected chi connectivity index (χ2v) is 26.9. The molecule has 8 heterocycles. The number of anilines is 1. The summed E-state index contributed by atoms with van der Waals surface area (Å²) in [5.41, 5.74) is 17.9. The van der Waals surface area contributed by atoms with Gasteiger partial charge in [-0.2, -0.15) is 0 Å². The van der Waals surface area contributed by atoms with E-state index in [0.717, 1.165) is 97.1 Å². The largest absolute Gasteiger partial charge is 0.335 e. The van der Waals surface area contributed by atoms with Gasteiger partial charge in [-0.25, -0.2) is 4.98 Å². The number of nitrogens with zero attached hydrogens (tertiary/aromatic N) is 6. The van der Waals surface area contributed by atoms with Crippen molar-refractivity contribution in [1.29, 1.82) is 0 Å². The number of nitrogens with one attached hydrogen (secondary N) is 2. The lowest BCUT2D eigenvalue weighted by Gasteiger charge is -2.26. The van der Waals surface area contributed by atoms with Crippen LogP contribution in [0.5, 0.6) is 0 Å². The van der Waals surface area contributed by atoms with E-state index in [2.05, 4.69) is 245 Å². The van der Waals surface area contributed by atoms with Crippen molar-refractivity contribution in [3.8, 4) is 24.2 Å². The maximum Gasteiger partial charge on any atom is 0.246 e. The fourth-order valence-electron chi connectivity index (χ4n) is 11.9. The number of halogens is 2. The van der Waals surface area contributed by atoms with Gasteiger partial charge in [0.1, 0.15) is 5.82 Å². The van der Waals surface area contributed by atoms with Crippen LogP contribution in [0.4, 0.5) is 5.82 Å². The normalized spacial score (nSPS) is 13.0. The summed E-state index contributed by atoms with van der Waals surface area (Å²) in [5.74, 6) is 9.34. The minimum absolute atomic E-state index is 0. The standard InChI is InChI=1S/C24H25N3O2.C20H23N.C13H17N.C13H13N.C13H9N.C8H6.C5H4BrN.CH4.ClH/c28-22-10-9-21-16-20(17-25-24(21)26-22)8-11-23(29)27-14-12-19(13-15-27)7-6-18-4-2-1-3-5-18;1-3-7-18(8-4-1)11-12-19-13-15-21(16-14-19)17-20-9-5-2-6-10-20;3*1-2-4-12(5-3-1)6-7-13-8-10-14-11-9-13;1-2-8-6-4-3-5-7-8;6-5-1-3-7-4-2-5;;/h1-5,8,11-12,16-17H,6-7,9-10,13-15H2,(H,25,26,28);1-10,13H,11-12,14-17H2;1-5,8,14H,6-7,9-11H2;1-5,8-11H,6-7H2;1-5,8-11H;1,3-7H;1-4H;1H4;1H/b11-8+;;;;;;;;. The number of amides is 2. The molecule has 2 N–H and O–H groups in total. The molecule has 109 heavy (non-hydrogen) atoms. The molecule has 7 aromatic carbocycles. The third-order valence-corrected chi connectivity index (χ3v) is 18.6. The average Bonchev–Trinajstić information content (AvgIpc) is 0.832. The lowest BCUT2D eigenvalue weighted by molar-refractivity contribution is -0.125. The minimum Gasteiger partial charge on any atom is -0.335 e. The Kier molecular flexibility index (Phi) is 40.0. The van der Waals surface area contributed by atoms with Crippen molar-refractivity contribution in [2.75, 3.05) is 44.6 Å². The minimum atomic E-state index is 0. The smallest absolute Gasteiger partial charge is 0.246 e. The highest BCUT2D eigenvalue weighted by atomic mass is 79.9. The molecule has 0 atom stereocenters. The maximum absolute atomic E-state index is 12.5. The number of aryl methyl sites for hydroxylation is 6. The van der Waals surface area contributed by atoms with Gasteiger partial charge in [0, 0.05) is 116 Å². The molecule has 0 radical (unpaired) electrons. The topological polar surface area (TPSA) is 116 Å². The predicted molar refractivity (Wildman–Crippen MR) is 459 cm³/mol. The van der Waals surface area contributed by atoms with E-state index in [-0.39, 0.29) is 31.6 Å². The van der Waals surface area contributed by atoms with Crippen LogP contribution in [-0.4, -0.2) is 80.8 Å². The Morgan fingerprint density at radius 3 is 1.32 bits per heavy atom. The summed E-state index contributed by atoms with van der Waals surface area (Å²) in [7, 11) is 0. The zero-order chi connectivity index (χ0) is 74.2. The number of aromatic nitrogens is 4. The molecule has 0 aliphatic carbocycles. The molecule has 0 fully saturated rings. The molecular weight excluding hydrogens is 1420 g/mol. The van der Waals surface area contributed by atoms with Crippen molar-refractivity contribution in [1.82, 2.24) is 35.1 Å². The van der Waals surface area contributed by atoms with Gasteiger partial charge in [0.25, 0.3) is 0 Å². The first-order chi connectivity index (χ1) is 52.7. The van der Waals surface area contributed by atoms with Crippen molar-refractivity contribution >= 4 is 52.0 Å². The van der Waals surface area contributed by atoms with Crippen LogP contribution < -0.4 is 10.6 Å². The molecule has 0 saturated heterocycles. The lowest BCUT2D eigenvalue weighted by Crippen LogP contribution is -2.33. The van der Waals surface area contributed by atoms with Gasteiger partial charge in [-0.1, -0.05) is 264 Å². The molecule has 4 aliphatic heterocycles. The van der Waals surface area contributed by atoms with E-state index in [1.54, 1.807) is 54.3 Å².